The molecule has 0 fully saturated rings. The van der Waals surface area contributed by atoms with Crippen LogP contribution in [0.4, 0.5) is 4.39 Å². The lowest BCUT2D eigenvalue weighted by Crippen LogP contribution is -2.27. The third kappa shape index (κ3) is 4.44. The van der Waals surface area contributed by atoms with Gasteiger partial charge in [0.05, 0.1) is 18.6 Å². The molecule has 0 bridgehead atoms. The first kappa shape index (κ1) is 14.6. The number of halogens is 2. The zero-order valence-corrected chi connectivity index (χ0v) is 11.4. The molecule has 0 aliphatic heterocycles. The lowest BCUT2D eigenvalue weighted by Gasteiger charge is -2.06. The molecule has 4 nitrogen and oxygen atoms in total. The van der Waals surface area contributed by atoms with Crippen molar-refractivity contribution in [1.82, 2.24) is 5.32 Å². The van der Waals surface area contributed by atoms with E-state index in [0.29, 0.717) is 11.1 Å². The van der Waals surface area contributed by atoms with Gasteiger partial charge in [-0.25, -0.2) is 4.39 Å². The summed E-state index contributed by atoms with van der Waals surface area (Å²) in [4.78, 5) is 22.7. The van der Waals surface area contributed by atoms with Crippen LogP contribution >= 0.6 is 15.9 Å². The fourth-order valence-corrected chi connectivity index (χ4v) is 1.64. The van der Waals surface area contributed by atoms with Crippen molar-refractivity contribution in [1.29, 1.82) is 0 Å². The summed E-state index contributed by atoms with van der Waals surface area (Å²) >= 11 is 3.16. The molecule has 18 heavy (non-hydrogen) atoms. The highest BCUT2D eigenvalue weighted by atomic mass is 79.9. The summed E-state index contributed by atoms with van der Waals surface area (Å²) in [6.45, 7) is 2.12. The molecule has 0 atom stereocenters. The van der Waals surface area contributed by atoms with Crippen molar-refractivity contribution in [2.75, 3.05) is 13.2 Å². The topological polar surface area (TPSA) is 55.4 Å². The van der Waals surface area contributed by atoms with Gasteiger partial charge in [0.25, 0.3) is 5.91 Å². The van der Waals surface area contributed by atoms with Gasteiger partial charge in [0.1, 0.15) is 5.82 Å². The zero-order valence-electron chi connectivity index (χ0n) is 9.83. The molecule has 0 saturated heterocycles. The van der Waals surface area contributed by atoms with Crippen LogP contribution in [0.2, 0.25) is 0 Å². The Labute approximate surface area is 113 Å². The molecule has 6 heteroatoms. The summed E-state index contributed by atoms with van der Waals surface area (Å²) in [5.74, 6) is -1.56. The summed E-state index contributed by atoms with van der Waals surface area (Å²) < 4.78 is 18.7. The highest BCUT2D eigenvalue weighted by Crippen LogP contribution is 2.15. The fourth-order valence-electron chi connectivity index (χ4n) is 1.28. The predicted molar refractivity (Wildman–Crippen MR) is 67.7 cm³/mol. The number of esters is 1. The molecule has 0 unspecified atom stereocenters. The van der Waals surface area contributed by atoms with Gasteiger partial charge in [0, 0.05) is 11.0 Å². The zero-order chi connectivity index (χ0) is 13.5. The van der Waals surface area contributed by atoms with Crippen LogP contribution in [0.15, 0.2) is 22.7 Å². The maximum Gasteiger partial charge on any atom is 0.307 e. The second-order valence-corrected chi connectivity index (χ2v) is 4.35. The SMILES string of the molecule is CCOC(=O)CCNC(=O)c1cc(Br)ccc1F. The Bertz CT molecular complexity index is 451. The van der Waals surface area contributed by atoms with E-state index in [0.717, 1.165) is 0 Å². The van der Waals surface area contributed by atoms with Gasteiger partial charge in [0.15, 0.2) is 0 Å². The van der Waals surface area contributed by atoms with E-state index in [1.165, 1.54) is 18.2 Å². The molecule has 0 spiro atoms. The number of rotatable bonds is 5. The van der Waals surface area contributed by atoms with E-state index in [1.54, 1.807) is 6.92 Å². The number of benzene rings is 1. The highest BCUT2D eigenvalue weighted by molar-refractivity contribution is 9.10. The van der Waals surface area contributed by atoms with E-state index < -0.39 is 17.7 Å². The number of carbonyl (C=O) groups excluding carboxylic acids is 2. The van der Waals surface area contributed by atoms with E-state index in [-0.39, 0.29) is 18.5 Å². The molecule has 1 amide bonds. The first-order chi connectivity index (χ1) is 8.54. The van der Waals surface area contributed by atoms with Gasteiger partial charge in [-0.2, -0.15) is 0 Å². The van der Waals surface area contributed by atoms with Crippen LogP contribution in [0.1, 0.15) is 23.7 Å². The van der Waals surface area contributed by atoms with Crippen LogP contribution < -0.4 is 5.32 Å². The molecule has 0 radical (unpaired) electrons. The summed E-state index contributed by atoms with van der Waals surface area (Å²) in [6, 6.07) is 4.09. The molecule has 1 aromatic rings. The molecule has 0 saturated carbocycles. The average Bonchev–Trinajstić information content (AvgIpc) is 2.32. The third-order valence-corrected chi connectivity index (χ3v) is 2.59. The lowest BCUT2D eigenvalue weighted by molar-refractivity contribution is -0.142. The maximum absolute atomic E-state index is 13.4. The molecular formula is C12H13BrFNO3. The number of carbonyl (C=O) groups is 2. The Morgan fingerprint density at radius 3 is 2.83 bits per heavy atom. The molecule has 0 aliphatic carbocycles. The second-order valence-electron chi connectivity index (χ2n) is 3.44. The Morgan fingerprint density at radius 2 is 2.17 bits per heavy atom. The molecule has 98 valence electrons. The average molecular weight is 318 g/mol. The van der Waals surface area contributed by atoms with Gasteiger partial charge in [0.2, 0.25) is 0 Å². The number of hydrogen-bond acceptors (Lipinski definition) is 3. The van der Waals surface area contributed by atoms with E-state index in [1.807, 2.05) is 0 Å². The van der Waals surface area contributed by atoms with E-state index in [9.17, 15) is 14.0 Å². The highest BCUT2D eigenvalue weighted by Gasteiger charge is 2.12. The van der Waals surface area contributed by atoms with Crippen LogP contribution in [0.25, 0.3) is 0 Å². The summed E-state index contributed by atoms with van der Waals surface area (Å²) in [7, 11) is 0. The number of nitrogens with one attached hydrogen (secondary N) is 1. The summed E-state index contributed by atoms with van der Waals surface area (Å²) in [5, 5.41) is 2.46. The molecule has 0 aliphatic rings. The van der Waals surface area contributed by atoms with Gasteiger partial charge in [-0.3, -0.25) is 9.59 Å². The third-order valence-electron chi connectivity index (χ3n) is 2.09. The molecular weight excluding hydrogens is 305 g/mol. The Morgan fingerprint density at radius 1 is 1.44 bits per heavy atom. The normalized spacial score (nSPS) is 9.94. The quantitative estimate of drug-likeness (QED) is 0.848. The van der Waals surface area contributed by atoms with Crippen LogP contribution in [-0.2, 0) is 9.53 Å². The van der Waals surface area contributed by atoms with Crippen LogP contribution in [0, 0.1) is 5.82 Å². The van der Waals surface area contributed by atoms with Crippen molar-refractivity contribution in [3.63, 3.8) is 0 Å². The van der Waals surface area contributed by atoms with Crippen LogP contribution in [-0.4, -0.2) is 25.0 Å². The first-order valence-electron chi connectivity index (χ1n) is 5.43. The van der Waals surface area contributed by atoms with Gasteiger partial charge in [-0.05, 0) is 25.1 Å². The molecule has 1 rings (SSSR count). The Hall–Kier alpha value is -1.43. The predicted octanol–water partition coefficient (Wildman–Crippen LogP) is 2.27. The van der Waals surface area contributed by atoms with Crippen molar-refractivity contribution < 1.29 is 18.7 Å². The smallest absolute Gasteiger partial charge is 0.307 e. The number of amides is 1. The van der Waals surface area contributed by atoms with Gasteiger partial charge >= 0.3 is 5.97 Å². The van der Waals surface area contributed by atoms with Gasteiger partial charge in [-0.1, -0.05) is 15.9 Å². The standard InChI is InChI=1S/C12H13BrFNO3/c1-2-18-11(16)5-6-15-12(17)9-7-8(13)3-4-10(9)14/h3-4,7H,2,5-6H2,1H3,(H,15,17). The number of ether oxygens (including phenoxy) is 1. The van der Waals surface area contributed by atoms with Crippen molar-refractivity contribution in [3.8, 4) is 0 Å². The van der Waals surface area contributed by atoms with Crippen LogP contribution in [0.5, 0.6) is 0 Å². The van der Waals surface area contributed by atoms with E-state index >= 15 is 0 Å². The minimum atomic E-state index is -0.605. The van der Waals surface area contributed by atoms with Crippen molar-refractivity contribution in [2.45, 2.75) is 13.3 Å². The minimum Gasteiger partial charge on any atom is -0.466 e. The van der Waals surface area contributed by atoms with Crippen molar-refractivity contribution in [3.05, 3.63) is 34.1 Å². The van der Waals surface area contributed by atoms with Gasteiger partial charge < -0.3 is 10.1 Å². The first-order valence-corrected chi connectivity index (χ1v) is 6.22. The molecule has 0 heterocycles. The summed E-state index contributed by atoms with van der Waals surface area (Å²) in [6.07, 6.45) is 0.0647. The molecule has 1 aromatic carbocycles. The van der Waals surface area contributed by atoms with Crippen molar-refractivity contribution >= 4 is 27.8 Å². The van der Waals surface area contributed by atoms with Crippen LogP contribution in [0.3, 0.4) is 0 Å². The van der Waals surface area contributed by atoms with Crippen molar-refractivity contribution in [2.24, 2.45) is 0 Å². The molecule has 0 aromatic heterocycles. The Balaban J connectivity index is 2.50. The largest absolute Gasteiger partial charge is 0.466 e. The number of hydrogen-bond donors (Lipinski definition) is 1. The summed E-state index contributed by atoms with van der Waals surface area (Å²) in [5.41, 5.74) is -0.0618. The lowest BCUT2D eigenvalue weighted by atomic mass is 10.2. The van der Waals surface area contributed by atoms with E-state index in [4.69, 9.17) is 4.74 Å². The van der Waals surface area contributed by atoms with Gasteiger partial charge in [-0.15, -0.1) is 0 Å². The maximum atomic E-state index is 13.4. The minimum absolute atomic E-state index is 0.0618. The Kier molecular flexibility index (Phi) is 5.77. The fraction of sp³-hybridized carbons (Fsp3) is 0.333. The molecule has 1 N–H and O–H groups in total. The monoisotopic (exact) mass is 317 g/mol. The second kappa shape index (κ2) is 7.10. The van der Waals surface area contributed by atoms with E-state index in [2.05, 4.69) is 21.2 Å².